The summed E-state index contributed by atoms with van der Waals surface area (Å²) in [6, 6.07) is 11.6. The molecule has 1 N–H and O–H groups in total. The van der Waals surface area contributed by atoms with Crippen molar-refractivity contribution < 1.29 is 14.3 Å². The first-order valence-corrected chi connectivity index (χ1v) is 7.93. The topological polar surface area (TPSA) is 55.4 Å². The number of rotatable bonds is 5. The molecule has 0 bridgehead atoms. The summed E-state index contributed by atoms with van der Waals surface area (Å²) in [5.41, 5.74) is 1.21. The first-order chi connectivity index (χ1) is 11.4. The standard InChI is InChI=1S/C17H12Cl3NO3/c18-12-2-1-3-13(9-12)21-16(22)10-24-17(23)7-5-11-4-6-14(19)15(20)8-11/h1-9H,10H2,(H,21,22)/b7-5+. The van der Waals surface area contributed by atoms with Crippen LogP contribution in [0.1, 0.15) is 5.56 Å². The van der Waals surface area contributed by atoms with Crippen LogP contribution in [0.2, 0.25) is 15.1 Å². The Balaban J connectivity index is 1.83. The van der Waals surface area contributed by atoms with Crippen molar-refractivity contribution in [2.24, 2.45) is 0 Å². The number of carbonyl (C=O) groups is 2. The fraction of sp³-hybridized carbons (Fsp3) is 0.0588. The van der Waals surface area contributed by atoms with Gasteiger partial charge in [-0.25, -0.2) is 4.79 Å². The molecule has 4 nitrogen and oxygen atoms in total. The zero-order chi connectivity index (χ0) is 17.5. The number of anilines is 1. The predicted molar refractivity (Wildman–Crippen MR) is 96.5 cm³/mol. The normalized spacial score (nSPS) is 10.6. The molecular formula is C17H12Cl3NO3. The van der Waals surface area contributed by atoms with Gasteiger partial charge in [0.2, 0.25) is 0 Å². The van der Waals surface area contributed by atoms with Crippen molar-refractivity contribution >= 4 is 58.4 Å². The van der Waals surface area contributed by atoms with Gasteiger partial charge in [0.15, 0.2) is 6.61 Å². The molecular weight excluding hydrogens is 373 g/mol. The van der Waals surface area contributed by atoms with Crippen LogP contribution < -0.4 is 5.32 Å². The predicted octanol–water partition coefficient (Wildman–Crippen LogP) is 4.84. The van der Waals surface area contributed by atoms with Gasteiger partial charge in [0, 0.05) is 16.8 Å². The summed E-state index contributed by atoms with van der Waals surface area (Å²) in [7, 11) is 0. The third kappa shape index (κ3) is 5.89. The van der Waals surface area contributed by atoms with E-state index in [1.54, 1.807) is 42.5 Å². The van der Waals surface area contributed by atoms with Gasteiger partial charge in [-0.15, -0.1) is 0 Å². The molecule has 2 aromatic rings. The minimum atomic E-state index is -0.651. The Morgan fingerprint density at radius 1 is 1.04 bits per heavy atom. The van der Waals surface area contributed by atoms with E-state index in [9.17, 15) is 9.59 Å². The number of esters is 1. The van der Waals surface area contributed by atoms with E-state index in [1.807, 2.05) is 0 Å². The molecule has 0 unspecified atom stereocenters. The average molecular weight is 385 g/mol. The SMILES string of the molecule is O=C(COC(=O)/C=C/c1ccc(Cl)c(Cl)c1)Nc1cccc(Cl)c1. The first kappa shape index (κ1) is 18.3. The van der Waals surface area contributed by atoms with Crippen LogP contribution in [-0.4, -0.2) is 18.5 Å². The summed E-state index contributed by atoms with van der Waals surface area (Å²) in [5, 5.41) is 3.87. The molecule has 0 atom stereocenters. The number of carbonyl (C=O) groups excluding carboxylic acids is 2. The van der Waals surface area contributed by atoms with Gasteiger partial charge in [-0.1, -0.05) is 46.9 Å². The minimum absolute atomic E-state index is 0.382. The van der Waals surface area contributed by atoms with Crippen molar-refractivity contribution in [1.82, 2.24) is 0 Å². The molecule has 0 aromatic heterocycles. The molecule has 2 rings (SSSR count). The number of nitrogens with one attached hydrogen (secondary N) is 1. The van der Waals surface area contributed by atoms with Gasteiger partial charge >= 0.3 is 5.97 Å². The van der Waals surface area contributed by atoms with Crippen molar-refractivity contribution in [1.29, 1.82) is 0 Å². The summed E-state index contributed by atoms with van der Waals surface area (Å²) < 4.78 is 4.85. The van der Waals surface area contributed by atoms with Gasteiger partial charge in [-0.05, 0) is 42.0 Å². The van der Waals surface area contributed by atoms with E-state index in [0.29, 0.717) is 26.3 Å². The van der Waals surface area contributed by atoms with E-state index < -0.39 is 18.5 Å². The fourth-order valence-corrected chi connectivity index (χ4v) is 2.23. The highest BCUT2D eigenvalue weighted by Crippen LogP contribution is 2.23. The van der Waals surface area contributed by atoms with Crippen LogP contribution in [0.4, 0.5) is 5.69 Å². The number of amides is 1. The number of benzene rings is 2. The molecule has 24 heavy (non-hydrogen) atoms. The molecule has 0 radical (unpaired) electrons. The molecule has 0 aliphatic carbocycles. The zero-order valence-electron chi connectivity index (χ0n) is 12.3. The maximum atomic E-state index is 11.7. The fourth-order valence-electron chi connectivity index (χ4n) is 1.73. The zero-order valence-corrected chi connectivity index (χ0v) is 14.5. The highest BCUT2D eigenvalue weighted by Gasteiger charge is 2.06. The van der Waals surface area contributed by atoms with Gasteiger partial charge in [-0.3, -0.25) is 4.79 Å². The lowest BCUT2D eigenvalue weighted by molar-refractivity contribution is -0.142. The molecule has 2 aromatic carbocycles. The Morgan fingerprint density at radius 2 is 1.83 bits per heavy atom. The maximum Gasteiger partial charge on any atom is 0.331 e. The van der Waals surface area contributed by atoms with Crippen LogP contribution in [0.25, 0.3) is 6.08 Å². The van der Waals surface area contributed by atoms with Crippen LogP contribution in [0.15, 0.2) is 48.5 Å². The summed E-state index contributed by atoms with van der Waals surface area (Å²) in [4.78, 5) is 23.3. The highest BCUT2D eigenvalue weighted by molar-refractivity contribution is 6.42. The van der Waals surface area contributed by atoms with E-state index in [0.717, 1.165) is 0 Å². The van der Waals surface area contributed by atoms with Crippen molar-refractivity contribution in [3.8, 4) is 0 Å². The summed E-state index contributed by atoms with van der Waals surface area (Å²) >= 11 is 17.5. The molecule has 0 heterocycles. The van der Waals surface area contributed by atoms with Crippen molar-refractivity contribution in [3.63, 3.8) is 0 Å². The smallest absolute Gasteiger partial charge is 0.331 e. The van der Waals surface area contributed by atoms with Gasteiger partial charge in [0.25, 0.3) is 5.91 Å². The molecule has 0 aliphatic heterocycles. The van der Waals surface area contributed by atoms with E-state index in [-0.39, 0.29) is 0 Å². The van der Waals surface area contributed by atoms with Crippen molar-refractivity contribution in [3.05, 3.63) is 69.2 Å². The van der Waals surface area contributed by atoms with Crippen LogP contribution >= 0.6 is 34.8 Å². The quantitative estimate of drug-likeness (QED) is 0.592. The Bertz CT molecular complexity index is 790. The Kier molecular flexibility index (Phi) is 6.67. The third-order valence-electron chi connectivity index (χ3n) is 2.81. The lowest BCUT2D eigenvalue weighted by Crippen LogP contribution is -2.20. The van der Waals surface area contributed by atoms with Gasteiger partial charge in [0.1, 0.15) is 0 Å². The first-order valence-electron chi connectivity index (χ1n) is 6.79. The van der Waals surface area contributed by atoms with Crippen LogP contribution in [-0.2, 0) is 14.3 Å². The lowest BCUT2D eigenvalue weighted by Gasteiger charge is -2.05. The van der Waals surface area contributed by atoms with Crippen LogP contribution in [0, 0.1) is 0 Å². The second-order valence-corrected chi connectivity index (χ2v) is 5.92. The van der Waals surface area contributed by atoms with Gasteiger partial charge < -0.3 is 10.1 Å². The summed E-state index contributed by atoms with van der Waals surface area (Å²) in [5.74, 6) is -1.11. The van der Waals surface area contributed by atoms with E-state index >= 15 is 0 Å². The molecule has 124 valence electrons. The number of hydrogen-bond donors (Lipinski definition) is 1. The molecule has 7 heteroatoms. The van der Waals surface area contributed by atoms with E-state index in [4.69, 9.17) is 39.5 Å². The lowest BCUT2D eigenvalue weighted by atomic mass is 10.2. The molecule has 0 saturated heterocycles. The van der Waals surface area contributed by atoms with Crippen molar-refractivity contribution in [2.45, 2.75) is 0 Å². The van der Waals surface area contributed by atoms with Crippen LogP contribution in [0.3, 0.4) is 0 Å². The monoisotopic (exact) mass is 383 g/mol. The Hall–Kier alpha value is -2.01. The van der Waals surface area contributed by atoms with Gasteiger partial charge in [0.05, 0.1) is 10.0 Å². The van der Waals surface area contributed by atoms with Gasteiger partial charge in [-0.2, -0.15) is 0 Å². The highest BCUT2D eigenvalue weighted by atomic mass is 35.5. The molecule has 0 aliphatic rings. The number of halogens is 3. The molecule has 0 saturated carbocycles. The van der Waals surface area contributed by atoms with E-state index in [2.05, 4.69) is 5.32 Å². The summed E-state index contributed by atoms with van der Waals surface area (Å²) in [6.45, 7) is -0.406. The van der Waals surface area contributed by atoms with Crippen LogP contribution in [0.5, 0.6) is 0 Å². The second kappa shape index (κ2) is 8.73. The number of ether oxygens (including phenoxy) is 1. The van der Waals surface area contributed by atoms with Crippen molar-refractivity contribution in [2.75, 3.05) is 11.9 Å². The molecule has 0 fully saturated rings. The molecule has 0 spiro atoms. The summed E-state index contributed by atoms with van der Waals surface area (Å²) in [6.07, 6.45) is 2.71. The average Bonchev–Trinajstić information content (AvgIpc) is 2.54. The Labute approximate surface area is 154 Å². The minimum Gasteiger partial charge on any atom is -0.452 e. The van der Waals surface area contributed by atoms with E-state index in [1.165, 1.54) is 12.2 Å². The second-order valence-electron chi connectivity index (χ2n) is 4.67. The maximum absolute atomic E-state index is 11.7. The molecule has 1 amide bonds. The number of hydrogen-bond acceptors (Lipinski definition) is 3. The Morgan fingerprint density at radius 3 is 2.54 bits per heavy atom. The largest absolute Gasteiger partial charge is 0.452 e. The third-order valence-corrected chi connectivity index (χ3v) is 3.78.